The van der Waals surface area contributed by atoms with E-state index in [0.29, 0.717) is 24.0 Å². The molecule has 0 bridgehead atoms. The predicted molar refractivity (Wildman–Crippen MR) is 93.4 cm³/mol. The third-order valence-electron chi connectivity index (χ3n) is 3.49. The van der Waals surface area contributed by atoms with Gasteiger partial charge in [0.05, 0.1) is 12.3 Å². The van der Waals surface area contributed by atoms with E-state index in [0.717, 1.165) is 5.69 Å². The maximum absolute atomic E-state index is 13.4. The Morgan fingerprint density at radius 1 is 1.22 bits per heavy atom. The molecule has 1 heterocycles. The second-order valence-electron chi connectivity index (χ2n) is 5.47. The van der Waals surface area contributed by atoms with Crippen LogP contribution in [0.15, 0.2) is 48.7 Å². The maximum atomic E-state index is 13.4. The quantitative estimate of drug-likeness (QED) is 0.788. The molecular formula is C17H23N2O3P. The lowest BCUT2D eigenvalue weighted by molar-refractivity contribution is 0.211. The van der Waals surface area contributed by atoms with Crippen LogP contribution in [0.3, 0.4) is 0 Å². The summed E-state index contributed by atoms with van der Waals surface area (Å²) in [6.07, 6.45) is 2.28. The van der Waals surface area contributed by atoms with E-state index >= 15 is 0 Å². The van der Waals surface area contributed by atoms with Crippen LogP contribution in [0, 0.1) is 0 Å². The molecule has 0 aliphatic carbocycles. The number of benzene rings is 1. The molecule has 0 spiro atoms. The SMILES string of the molecule is CCCO[P@](=O)(c1ccc(N(C)C)cc1)[C@H](O)c1ccccn1. The number of hydrogen-bond donors (Lipinski definition) is 1. The molecule has 0 unspecified atom stereocenters. The first-order valence-electron chi connectivity index (χ1n) is 7.60. The number of rotatable bonds is 7. The normalized spacial score (nSPS) is 15.0. The van der Waals surface area contributed by atoms with Crippen molar-refractivity contribution in [3.8, 4) is 0 Å². The molecule has 1 aromatic heterocycles. The zero-order chi connectivity index (χ0) is 16.9. The van der Waals surface area contributed by atoms with Gasteiger partial charge in [-0.3, -0.25) is 9.55 Å². The monoisotopic (exact) mass is 334 g/mol. The first kappa shape index (κ1) is 17.7. The van der Waals surface area contributed by atoms with Gasteiger partial charge in [-0.25, -0.2) is 0 Å². The lowest BCUT2D eigenvalue weighted by Crippen LogP contribution is -2.16. The number of aliphatic hydroxyl groups is 1. The fourth-order valence-corrected chi connectivity index (χ4v) is 4.27. The first-order chi connectivity index (χ1) is 11.0. The Morgan fingerprint density at radius 3 is 2.43 bits per heavy atom. The van der Waals surface area contributed by atoms with E-state index in [4.69, 9.17) is 4.52 Å². The van der Waals surface area contributed by atoms with Crippen LogP contribution in [0.4, 0.5) is 5.69 Å². The Hall–Kier alpha value is -1.68. The third-order valence-corrected chi connectivity index (χ3v) is 5.98. The molecule has 0 amide bonds. The highest BCUT2D eigenvalue weighted by atomic mass is 31.2. The number of aliphatic hydroxyl groups excluding tert-OH is 1. The van der Waals surface area contributed by atoms with Crippen molar-refractivity contribution < 1.29 is 14.2 Å². The summed E-state index contributed by atoms with van der Waals surface area (Å²) in [5, 5.41) is 11.1. The largest absolute Gasteiger partial charge is 0.378 e. The Kier molecular flexibility index (Phi) is 5.94. The summed E-state index contributed by atoms with van der Waals surface area (Å²) in [5.41, 5.74) is 1.34. The van der Waals surface area contributed by atoms with Crippen molar-refractivity contribution in [2.45, 2.75) is 19.2 Å². The number of aromatic nitrogens is 1. The van der Waals surface area contributed by atoms with Gasteiger partial charge < -0.3 is 14.5 Å². The van der Waals surface area contributed by atoms with Crippen molar-refractivity contribution in [1.82, 2.24) is 4.98 Å². The minimum Gasteiger partial charge on any atom is -0.378 e. The Balaban J connectivity index is 2.40. The van der Waals surface area contributed by atoms with Gasteiger partial charge >= 0.3 is 0 Å². The molecule has 2 atom stereocenters. The second-order valence-corrected chi connectivity index (χ2v) is 7.93. The van der Waals surface area contributed by atoms with E-state index in [9.17, 15) is 9.67 Å². The molecule has 6 heteroatoms. The lowest BCUT2D eigenvalue weighted by atomic mass is 10.3. The fourth-order valence-electron chi connectivity index (χ4n) is 2.17. The van der Waals surface area contributed by atoms with Crippen molar-refractivity contribution in [3.05, 3.63) is 54.4 Å². The van der Waals surface area contributed by atoms with Gasteiger partial charge in [-0.2, -0.15) is 0 Å². The molecule has 1 aromatic carbocycles. The summed E-state index contributed by atoms with van der Waals surface area (Å²) in [6.45, 7) is 2.25. The average Bonchev–Trinajstić information content (AvgIpc) is 2.59. The zero-order valence-electron chi connectivity index (χ0n) is 13.7. The molecule has 2 aromatic rings. The smallest absolute Gasteiger partial charge is 0.265 e. The van der Waals surface area contributed by atoms with Crippen molar-refractivity contribution in [1.29, 1.82) is 0 Å². The predicted octanol–water partition coefficient (Wildman–Crippen LogP) is 3.17. The van der Waals surface area contributed by atoms with Gasteiger partial charge in [0.25, 0.3) is 7.37 Å². The molecule has 1 N–H and O–H groups in total. The number of hydrogen-bond acceptors (Lipinski definition) is 5. The highest BCUT2D eigenvalue weighted by molar-refractivity contribution is 7.67. The van der Waals surface area contributed by atoms with Crippen LogP contribution >= 0.6 is 7.37 Å². The van der Waals surface area contributed by atoms with E-state index in [2.05, 4.69) is 4.98 Å². The Labute approximate surface area is 137 Å². The van der Waals surface area contributed by atoms with Gasteiger partial charge in [0.1, 0.15) is 0 Å². The molecule has 0 saturated heterocycles. The van der Waals surface area contributed by atoms with Gasteiger partial charge in [0.15, 0.2) is 5.85 Å². The van der Waals surface area contributed by atoms with Crippen molar-refractivity contribution in [2.24, 2.45) is 0 Å². The Bertz CT molecular complexity index is 659. The second kappa shape index (κ2) is 7.73. The molecule has 0 aliphatic heterocycles. The van der Waals surface area contributed by atoms with Crippen LogP contribution in [-0.4, -0.2) is 30.8 Å². The van der Waals surface area contributed by atoms with E-state index in [1.54, 1.807) is 36.5 Å². The van der Waals surface area contributed by atoms with E-state index in [1.807, 2.05) is 38.1 Å². The molecule has 0 radical (unpaired) electrons. The minimum absolute atomic E-state index is 0.316. The van der Waals surface area contributed by atoms with Gasteiger partial charge in [0, 0.05) is 31.3 Å². The summed E-state index contributed by atoms with van der Waals surface area (Å²) < 4.78 is 19.1. The molecule has 0 saturated carbocycles. The summed E-state index contributed by atoms with van der Waals surface area (Å²) >= 11 is 0. The van der Waals surface area contributed by atoms with Crippen molar-refractivity contribution >= 4 is 18.4 Å². The summed E-state index contributed by atoms with van der Waals surface area (Å²) in [6, 6.07) is 12.4. The van der Waals surface area contributed by atoms with Crippen molar-refractivity contribution in [3.63, 3.8) is 0 Å². The van der Waals surface area contributed by atoms with E-state index in [1.165, 1.54) is 0 Å². The van der Waals surface area contributed by atoms with E-state index < -0.39 is 13.2 Å². The average molecular weight is 334 g/mol. The molecule has 23 heavy (non-hydrogen) atoms. The van der Waals surface area contributed by atoms with Crippen LogP contribution in [0.2, 0.25) is 0 Å². The number of anilines is 1. The molecule has 0 fully saturated rings. The summed E-state index contributed by atoms with van der Waals surface area (Å²) in [7, 11) is 0.394. The van der Waals surface area contributed by atoms with Crippen LogP contribution in [0.5, 0.6) is 0 Å². The lowest BCUT2D eigenvalue weighted by Gasteiger charge is -2.24. The molecular weight excluding hydrogens is 311 g/mol. The topological polar surface area (TPSA) is 62.7 Å². The summed E-state index contributed by atoms with van der Waals surface area (Å²) in [4.78, 5) is 6.07. The van der Waals surface area contributed by atoms with Gasteiger partial charge in [-0.05, 0) is 42.8 Å². The van der Waals surface area contributed by atoms with Crippen LogP contribution in [0.25, 0.3) is 0 Å². The molecule has 0 aliphatic rings. The number of nitrogens with zero attached hydrogens (tertiary/aromatic N) is 2. The third kappa shape index (κ3) is 3.99. The van der Waals surface area contributed by atoms with Gasteiger partial charge in [-0.15, -0.1) is 0 Å². The standard InChI is InChI=1S/C17H23N2O3P/c1-4-13-22-23(21,17(20)16-7-5-6-12-18-16)15-10-8-14(9-11-15)19(2)3/h5-12,17,20H,4,13H2,1-3H3/t17-,23+/m0/s1. The highest BCUT2D eigenvalue weighted by Crippen LogP contribution is 2.57. The minimum atomic E-state index is -3.48. The summed E-state index contributed by atoms with van der Waals surface area (Å²) in [5.74, 6) is -1.28. The van der Waals surface area contributed by atoms with Gasteiger partial charge in [-0.1, -0.05) is 13.0 Å². The van der Waals surface area contributed by atoms with Crippen LogP contribution < -0.4 is 10.2 Å². The van der Waals surface area contributed by atoms with E-state index in [-0.39, 0.29) is 0 Å². The fraction of sp³-hybridized carbons (Fsp3) is 0.353. The van der Waals surface area contributed by atoms with Crippen LogP contribution in [0.1, 0.15) is 24.9 Å². The highest BCUT2D eigenvalue weighted by Gasteiger charge is 2.37. The molecule has 5 nitrogen and oxygen atoms in total. The molecule has 2 rings (SSSR count). The van der Waals surface area contributed by atoms with Crippen LogP contribution in [-0.2, 0) is 9.09 Å². The number of pyridine rings is 1. The zero-order valence-corrected chi connectivity index (χ0v) is 14.6. The Morgan fingerprint density at radius 2 is 1.91 bits per heavy atom. The van der Waals surface area contributed by atoms with Crippen molar-refractivity contribution in [2.75, 3.05) is 25.6 Å². The maximum Gasteiger partial charge on any atom is 0.265 e. The first-order valence-corrected chi connectivity index (χ1v) is 9.29. The molecule has 124 valence electrons. The van der Waals surface area contributed by atoms with Gasteiger partial charge in [0.2, 0.25) is 0 Å².